The number of amides is 2. The van der Waals surface area contributed by atoms with Gasteiger partial charge in [-0.2, -0.15) is 0 Å². The zero-order valence-corrected chi connectivity index (χ0v) is 11.1. The van der Waals surface area contributed by atoms with Crippen LogP contribution in [0.3, 0.4) is 0 Å². The third-order valence-corrected chi connectivity index (χ3v) is 2.96. The second-order valence-electron chi connectivity index (χ2n) is 3.78. The van der Waals surface area contributed by atoms with Crippen molar-refractivity contribution in [3.05, 3.63) is 12.7 Å². The predicted octanol–water partition coefficient (Wildman–Crippen LogP) is -0.297. The van der Waals surface area contributed by atoms with Crippen molar-refractivity contribution >= 4 is 21.8 Å². The molecule has 0 atom stereocenters. The van der Waals surface area contributed by atoms with Crippen LogP contribution in [0.25, 0.3) is 0 Å². The molecule has 8 heteroatoms. The molecule has 0 aliphatic heterocycles. The minimum atomic E-state index is -3.05. The summed E-state index contributed by atoms with van der Waals surface area (Å²) in [5, 5.41) is 11.1. The molecule has 2 amide bonds. The van der Waals surface area contributed by atoms with Gasteiger partial charge in [0.15, 0.2) is 0 Å². The number of urea groups is 1. The van der Waals surface area contributed by atoms with E-state index in [2.05, 4.69) is 11.9 Å². The Balaban J connectivity index is 4.10. The molecule has 18 heavy (non-hydrogen) atoms. The van der Waals surface area contributed by atoms with E-state index < -0.39 is 28.4 Å². The fraction of sp³-hybridized carbons (Fsp3) is 0.600. The van der Waals surface area contributed by atoms with Gasteiger partial charge in [0, 0.05) is 19.3 Å². The highest BCUT2D eigenvalue weighted by molar-refractivity contribution is 7.90. The molecule has 0 saturated heterocycles. The molecule has 7 nitrogen and oxygen atoms in total. The number of rotatable bonds is 8. The number of aliphatic carboxylic acids is 1. The van der Waals surface area contributed by atoms with Crippen LogP contribution in [0.5, 0.6) is 0 Å². The van der Waals surface area contributed by atoms with Crippen molar-refractivity contribution in [1.82, 2.24) is 10.2 Å². The summed E-state index contributed by atoms with van der Waals surface area (Å²) in [4.78, 5) is 23.1. The highest BCUT2D eigenvalue weighted by Crippen LogP contribution is 1.92. The fourth-order valence-electron chi connectivity index (χ4n) is 1.18. The summed E-state index contributed by atoms with van der Waals surface area (Å²) in [6.07, 6.45) is 2.82. The van der Waals surface area contributed by atoms with E-state index in [4.69, 9.17) is 5.11 Å². The van der Waals surface area contributed by atoms with Gasteiger partial charge in [-0.3, -0.25) is 4.79 Å². The van der Waals surface area contributed by atoms with Gasteiger partial charge in [-0.25, -0.2) is 13.2 Å². The molecule has 0 aliphatic rings. The summed E-state index contributed by atoms with van der Waals surface area (Å²) in [7, 11) is -3.05. The topological polar surface area (TPSA) is 104 Å². The first-order valence-corrected chi connectivity index (χ1v) is 7.35. The molecule has 0 aromatic heterocycles. The smallest absolute Gasteiger partial charge is 0.323 e. The summed E-state index contributed by atoms with van der Waals surface area (Å²) >= 11 is 0. The van der Waals surface area contributed by atoms with Crippen LogP contribution in [0.2, 0.25) is 0 Å². The van der Waals surface area contributed by atoms with Gasteiger partial charge < -0.3 is 15.3 Å². The Morgan fingerprint density at radius 1 is 1.44 bits per heavy atom. The molecule has 0 heterocycles. The van der Waals surface area contributed by atoms with Gasteiger partial charge in [-0.1, -0.05) is 6.08 Å². The second kappa shape index (κ2) is 7.70. The van der Waals surface area contributed by atoms with Crippen molar-refractivity contribution in [3.8, 4) is 0 Å². The summed E-state index contributed by atoms with van der Waals surface area (Å²) in [5.74, 6) is -1.14. The van der Waals surface area contributed by atoms with Crippen molar-refractivity contribution in [1.29, 1.82) is 0 Å². The fourth-order valence-corrected chi connectivity index (χ4v) is 1.85. The van der Waals surface area contributed by atoms with Crippen molar-refractivity contribution in [3.63, 3.8) is 0 Å². The molecule has 0 saturated carbocycles. The summed E-state index contributed by atoms with van der Waals surface area (Å²) in [6, 6.07) is -0.550. The van der Waals surface area contributed by atoms with E-state index in [1.807, 2.05) is 0 Å². The Labute approximate surface area is 106 Å². The number of carboxylic acid groups (broad SMARTS) is 1. The number of carbonyl (C=O) groups is 2. The Hall–Kier alpha value is -1.57. The van der Waals surface area contributed by atoms with E-state index in [0.717, 1.165) is 11.2 Å². The molecule has 0 aromatic carbocycles. The largest absolute Gasteiger partial charge is 0.480 e. The Morgan fingerprint density at radius 2 is 2.06 bits per heavy atom. The average molecular weight is 278 g/mol. The summed E-state index contributed by atoms with van der Waals surface area (Å²) < 4.78 is 21.7. The maximum Gasteiger partial charge on any atom is 0.323 e. The molecule has 0 aliphatic carbocycles. The van der Waals surface area contributed by atoms with Gasteiger partial charge in [-0.05, 0) is 6.42 Å². The minimum Gasteiger partial charge on any atom is -0.480 e. The number of hydrogen-bond acceptors (Lipinski definition) is 4. The van der Waals surface area contributed by atoms with Gasteiger partial charge in [0.25, 0.3) is 0 Å². The number of hydrogen-bond donors (Lipinski definition) is 2. The maximum absolute atomic E-state index is 11.5. The van der Waals surface area contributed by atoms with E-state index in [1.165, 1.54) is 6.08 Å². The molecule has 0 fully saturated rings. The van der Waals surface area contributed by atoms with Crippen LogP contribution >= 0.6 is 0 Å². The number of nitrogens with zero attached hydrogens (tertiary/aromatic N) is 1. The molecule has 0 bridgehead atoms. The van der Waals surface area contributed by atoms with Crippen LogP contribution in [-0.2, 0) is 14.6 Å². The molecule has 0 aromatic rings. The Morgan fingerprint density at radius 3 is 2.50 bits per heavy atom. The van der Waals surface area contributed by atoms with Crippen molar-refractivity contribution in [2.75, 3.05) is 31.6 Å². The Kier molecular flexibility index (Phi) is 7.03. The number of carboxylic acids is 1. The first-order chi connectivity index (χ1) is 8.26. The van der Waals surface area contributed by atoms with E-state index >= 15 is 0 Å². The van der Waals surface area contributed by atoms with E-state index in [9.17, 15) is 18.0 Å². The summed E-state index contributed by atoms with van der Waals surface area (Å²) in [5.41, 5.74) is 0. The van der Waals surface area contributed by atoms with Crippen molar-refractivity contribution in [2.24, 2.45) is 0 Å². The van der Waals surface area contributed by atoms with E-state index in [0.29, 0.717) is 6.42 Å². The lowest BCUT2D eigenvalue weighted by atomic mass is 10.4. The molecular weight excluding hydrogens is 260 g/mol. The van der Waals surface area contributed by atoms with Crippen molar-refractivity contribution < 1.29 is 23.1 Å². The van der Waals surface area contributed by atoms with Gasteiger partial charge in [-0.15, -0.1) is 6.58 Å². The van der Waals surface area contributed by atoms with Crippen LogP contribution in [0.15, 0.2) is 12.7 Å². The molecule has 0 radical (unpaired) electrons. The average Bonchev–Trinajstić information content (AvgIpc) is 2.21. The monoisotopic (exact) mass is 278 g/mol. The lowest BCUT2D eigenvalue weighted by molar-refractivity contribution is -0.137. The second-order valence-corrected chi connectivity index (χ2v) is 6.04. The van der Waals surface area contributed by atoms with Crippen molar-refractivity contribution in [2.45, 2.75) is 6.42 Å². The zero-order chi connectivity index (χ0) is 14.2. The lowest BCUT2D eigenvalue weighted by Gasteiger charge is -2.19. The molecular formula is C10H18N2O5S. The first kappa shape index (κ1) is 16.4. The molecule has 2 N–H and O–H groups in total. The molecule has 0 rings (SSSR count). The third kappa shape index (κ3) is 8.57. The minimum absolute atomic E-state index is 0.0202. The first-order valence-electron chi connectivity index (χ1n) is 5.29. The predicted molar refractivity (Wildman–Crippen MR) is 67.1 cm³/mol. The quantitative estimate of drug-likeness (QED) is 0.469. The highest BCUT2D eigenvalue weighted by Gasteiger charge is 2.14. The van der Waals surface area contributed by atoms with Gasteiger partial charge in [0.2, 0.25) is 0 Å². The van der Waals surface area contributed by atoms with Gasteiger partial charge in [0.1, 0.15) is 16.4 Å². The van der Waals surface area contributed by atoms with Crippen LogP contribution in [0.4, 0.5) is 4.79 Å². The normalized spacial score (nSPS) is 10.7. The maximum atomic E-state index is 11.5. The van der Waals surface area contributed by atoms with E-state index in [1.54, 1.807) is 0 Å². The number of nitrogens with one attached hydrogen (secondary N) is 1. The van der Waals surface area contributed by atoms with Crippen LogP contribution in [0.1, 0.15) is 6.42 Å². The number of sulfone groups is 1. The molecule has 104 valence electrons. The Bertz CT molecular complexity index is 404. The number of carbonyl (C=O) groups excluding carboxylic acids is 1. The molecule has 0 unspecified atom stereocenters. The highest BCUT2D eigenvalue weighted by atomic mass is 32.2. The standard InChI is InChI=1S/C10H18N2O5S/c1-3-6-12(8-9(13)14)10(15)11-5-4-7-18(2,16)17/h3H,1,4-8H2,2H3,(H,11,15)(H,13,14). The van der Waals surface area contributed by atoms with Gasteiger partial charge >= 0.3 is 12.0 Å². The van der Waals surface area contributed by atoms with Crippen LogP contribution in [-0.4, -0.2) is 62.1 Å². The summed E-state index contributed by atoms with van der Waals surface area (Å²) in [6.45, 7) is 3.29. The molecule has 0 spiro atoms. The SMILES string of the molecule is C=CCN(CC(=O)O)C(=O)NCCCS(C)(=O)=O. The zero-order valence-electron chi connectivity index (χ0n) is 10.3. The lowest BCUT2D eigenvalue weighted by Crippen LogP contribution is -2.43. The third-order valence-electron chi connectivity index (χ3n) is 1.93. The van der Waals surface area contributed by atoms with Crippen LogP contribution < -0.4 is 5.32 Å². The van der Waals surface area contributed by atoms with E-state index in [-0.39, 0.29) is 18.8 Å². The van der Waals surface area contributed by atoms with Gasteiger partial charge in [0.05, 0.1) is 5.75 Å². The van der Waals surface area contributed by atoms with Crippen LogP contribution in [0, 0.1) is 0 Å².